The van der Waals surface area contributed by atoms with Crippen LogP contribution in [0.5, 0.6) is 0 Å². The summed E-state index contributed by atoms with van der Waals surface area (Å²) in [5.74, 6) is 0. The van der Waals surface area contributed by atoms with E-state index in [2.05, 4.69) is 278 Å². The summed E-state index contributed by atoms with van der Waals surface area (Å²) in [6, 6.07) is 90.1. The van der Waals surface area contributed by atoms with Crippen LogP contribution in [0.2, 0.25) is 0 Å². The number of aromatic nitrogens is 3. The molecule has 11 aromatic carbocycles. The zero-order valence-corrected chi connectivity index (χ0v) is 51.8. The van der Waals surface area contributed by atoms with Crippen LogP contribution in [0.4, 0.5) is 0 Å². The smallest absolute Gasteiger partial charge is 0.0541 e. The summed E-state index contributed by atoms with van der Waals surface area (Å²) in [6.45, 7) is 9.25. The maximum Gasteiger partial charge on any atom is 0.0541 e. The third-order valence-electron chi connectivity index (χ3n) is 19.9. The zero-order chi connectivity index (χ0) is 59.3. The van der Waals surface area contributed by atoms with Crippen molar-refractivity contribution in [3.63, 3.8) is 0 Å². The molecular weight excluding hydrogens is 1060 g/mol. The number of para-hydroxylation sites is 4. The molecule has 0 spiro atoms. The molecule has 1 aliphatic rings. The number of fused-ring (bicyclic) bond motifs is 12. The van der Waals surface area contributed by atoms with Gasteiger partial charge in [0.15, 0.2) is 0 Å². The van der Waals surface area contributed by atoms with Crippen molar-refractivity contribution in [1.82, 2.24) is 13.7 Å². The van der Waals surface area contributed by atoms with Crippen LogP contribution in [-0.4, -0.2) is 13.7 Å². The van der Waals surface area contributed by atoms with Crippen molar-refractivity contribution in [2.24, 2.45) is 0 Å². The topological polar surface area (TPSA) is 14.8 Å². The molecule has 3 aromatic heterocycles. The van der Waals surface area contributed by atoms with Gasteiger partial charge in [0.1, 0.15) is 0 Å². The summed E-state index contributed by atoms with van der Waals surface area (Å²) in [4.78, 5) is 0. The molecule has 0 atom stereocenters. The number of benzene rings is 11. The highest BCUT2D eigenvalue weighted by Crippen LogP contribution is 2.56. The first kappa shape index (κ1) is 55.4. The van der Waals surface area contributed by atoms with Crippen molar-refractivity contribution in [2.75, 3.05) is 0 Å². The number of rotatable bonds is 20. The van der Waals surface area contributed by atoms with Gasteiger partial charge in [0.05, 0.1) is 33.1 Å². The largest absolute Gasteiger partial charge is 0.309 e. The van der Waals surface area contributed by atoms with E-state index in [9.17, 15) is 0 Å². The molecule has 14 aromatic rings. The van der Waals surface area contributed by atoms with Gasteiger partial charge in [0, 0.05) is 54.8 Å². The standard InChI is InChI=1S/C85H79N3/c1-5-7-9-11-13-25-47-85(48-26-14-12-10-8-6-2)77-51-58(3)35-41-69(77)70-42-36-64(57-78(70)85)65-49-59(4)50-68(52-65)88-83-45-39-62(60-37-43-81-73(53-60)71-31-21-23-33-79(71)86(81)66-27-17-15-18-28-66)55-75(83)76-56-63(40-46-84(76)88)61-38-44-82-74(54-61)72-32-22-24-34-80(72)87(82)67-29-19-16-20-30-67/h15-24,27-46,49-57H,5-14,25-26,47-48H2,1-4H3. The lowest BCUT2D eigenvalue weighted by Gasteiger charge is -2.33. The summed E-state index contributed by atoms with van der Waals surface area (Å²) in [6.07, 6.45) is 18.2. The molecule has 0 aliphatic heterocycles. The normalized spacial score (nSPS) is 12.8. The minimum absolute atomic E-state index is 0.00407. The second kappa shape index (κ2) is 23.5. The Morgan fingerprint density at radius 2 is 0.636 bits per heavy atom. The van der Waals surface area contributed by atoms with Crippen LogP contribution in [0.3, 0.4) is 0 Å². The Kier molecular flexibility index (Phi) is 14.8. The van der Waals surface area contributed by atoms with Crippen molar-refractivity contribution in [3.8, 4) is 61.6 Å². The Labute approximate surface area is 519 Å². The highest BCUT2D eigenvalue weighted by atomic mass is 15.0. The Morgan fingerprint density at radius 3 is 1.12 bits per heavy atom. The van der Waals surface area contributed by atoms with Crippen LogP contribution in [0.25, 0.3) is 127 Å². The molecule has 0 amide bonds. The van der Waals surface area contributed by atoms with E-state index in [4.69, 9.17) is 0 Å². The van der Waals surface area contributed by atoms with E-state index in [1.165, 1.54) is 228 Å². The van der Waals surface area contributed by atoms with E-state index in [0.717, 1.165) is 0 Å². The molecular formula is C85H79N3. The van der Waals surface area contributed by atoms with E-state index < -0.39 is 0 Å². The van der Waals surface area contributed by atoms with Crippen LogP contribution < -0.4 is 0 Å². The molecule has 0 radical (unpaired) electrons. The van der Waals surface area contributed by atoms with Gasteiger partial charge in [0.2, 0.25) is 0 Å². The molecule has 3 heteroatoms. The summed E-state index contributed by atoms with van der Waals surface area (Å²) in [5, 5.41) is 7.51. The number of nitrogens with zero attached hydrogens (tertiary/aromatic N) is 3. The molecule has 0 N–H and O–H groups in total. The monoisotopic (exact) mass is 1140 g/mol. The lowest BCUT2D eigenvalue weighted by atomic mass is 9.70. The first-order valence-corrected chi connectivity index (χ1v) is 33.0. The molecule has 15 rings (SSSR count). The van der Waals surface area contributed by atoms with Crippen LogP contribution in [0.1, 0.15) is 126 Å². The lowest BCUT2D eigenvalue weighted by molar-refractivity contribution is 0.398. The van der Waals surface area contributed by atoms with Gasteiger partial charge in [-0.1, -0.05) is 230 Å². The highest BCUT2D eigenvalue weighted by Gasteiger charge is 2.42. The molecule has 1 aliphatic carbocycles. The fourth-order valence-corrected chi connectivity index (χ4v) is 15.6. The average molecular weight is 1140 g/mol. The number of hydrogen-bond donors (Lipinski definition) is 0. The SMILES string of the molecule is CCCCCCCCC1(CCCCCCCC)c2cc(C)ccc2-c2ccc(-c3cc(C)cc(-n4c5ccc(-c6ccc7c(c6)c6ccccc6n7-c6ccccc6)cc5c5cc(-c6ccc7c(c6)c6ccccc6n7-c6ccccc6)ccc54)c3)cc21. The Hall–Kier alpha value is -9.18. The fraction of sp³-hybridized carbons (Fsp3) is 0.224. The molecule has 434 valence electrons. The molecule has 0 unspecified atom stereocenters. The Morgan fingerprint density at radius 1 is 0.261 bits per heavy atom. The molecule has 88 heavy (non-hydrogen) atoms. The molecule has 3 heterocycles. The molecule has 0 saturated heterocycles. The lowest BCUT2D eigenvalue weighted by Crippen LogP contribution is -2.25. The summed E-state index contributed by atoms with van der Waals surface area (Å²) < 4.78 is 7.37. The summed E-state index contributed by atoms with van der Waals surface area (Å²) >= 11 is 0. The van der Waals surface area contributed by atoms with Gasteiger partial charge in [-0.25, -0.2) is 0 Å². The van der Waals surface area contributed by atoms with Gasteiger partial charge in [-0.3, -0.25) is 0 Å². The maximum atomic E-state index is 2.64. The first-order valence-electron chi connectivity index (χ1n) is 33.0. The Bertz CT molecular complexity index is 4680. The van der Waals surface area contributed by atoms with Crippen LogP contribution >= 0.6 is 0 Å². The predicted octanol–water partition coefficient (Wildman–Crippen LogP) is 24.4. The van der Waals surface area contributed by atoms with E-state index in [1.807, 2.05) is 0 Å². The Balaban J connectivity index is 0.879. The van der Waals surface area contributed by atoms with Crippen molar-refractivity contribution in [1.29, 1.82) is 0 Å². The van der Waals surface area contributed by atoms with Crippen molar-refractivity contribution >= 4 is 65.4 Å². The maximum absolute atomic E-state index is 2.64. The minimum Gasteiger partial charge on any atom is -0.309 e. The number of unbranched alkanes of at least 4 members (excludes halogenated alkanes) is 10. The minimum atomic E-state index is 0.00407. The fourth-order valence-electron chi connectivity index (χ4n) is 15.6. The molecule has 0 fully saturated rings. The summed E-state index contributed by atoms with van der Waals surface area (Å²) in [5.41, 5.74) is 26.8. The van der Waals surface area contributed by atoms with E-state index >= 15 is 0 Å². The van der Waals surface area contributed by atoms with E-state index in [1.54, 1.807) is 11.1 Å². The van der Waals surface area contributed by atoms with Crippen LogP contribution in [-0.2, 0) is 5.41 Å². The third-order valence-corrected chi connectivity index (χ3v) is 19.9. The second-order valence-electron chi connectivity index (χ2n) is 25.6. The average Bonchev–Trinajstić information content (AvgIpc) is 1.91. The van der Waals surface area contributed by atoms with E-state index in [0.29, 0.717) is 0 Å². The molecule has 0 saturated carbocycles. The highest BCUT2D eigenvalue weighted by molar-refractivity contribution is 6.15. The van der Waals surface area contributed by atoms with Crippen molar-refractivity contribution < 1.29 is 0 Å². The van der Waals surface area contributed by atoms with Gasteiger partial charge in [-0.2, -0.15) is 0 Å². The second-order valence-corrected chi connectivity index (χ2v) is 25.6. The number of hydrogen-bond acceptors (Lipinski definition) is 0. The quantitative estimate of drug-likeness (QED) is 0.0676. The molecule has 3 nitrogen and oxygen atoms in total. The van der Waals surface area contributed by atoms with Crippen molar-refractivity contribution in [3.05, 3.63) is 259 Å². The number of aryl methyl sites for hydroxylation is 2. The van der Waals surface area contributed by atoms with Gasteiger partial charge in [-0.15, -0.1) is 0 Å². The van der Waals surface area contributed by atoms with Crippen LogP contribution in [0, 0.1) is 13.8 Å². The predicted molar refractivity (Wildman–Crippen MR) is 377 cm³/mol. The van der Waals surface area contributed by atoms with Crippen LogP contribution in [0.15, 0.2) is 237 Å². The summed E-state index contributed by atoms with van der Waals surface area (Å²) in [7, 11) is 0. The van der Waals surface area contributed by atoms with E-state index in [-0.39, 0.29) is 5.41 Å². The van der Waals surface area contributed by atoms with Gasteiger partial charge in [-0.05, 0) is 191 Å². The van der Waals surface area contributed by atoms with Crippen molar-refractivity contribution in [2.45, 2.75) is 123 Å². The van der Waals surface area contributed by atoms with Gasteiger partial charge < -0.3 is 13.7 Å². The zero-order valence-electron chi connectivity index (χ0n) is 51.8. The molecule has 0 bridgehead atoms. The first-order chi connectivity index (χ1) is 43.4. The third kappa shape index (κ3) is 9.75. The van der Waals surface area contributed by atoms with Gasteiger partial charge in [0.25, 0.3) is 0 Å². The van der Waals surface area contributed by atoms with Gasteiger partial charge >= 0.3 is 0 Å².